The fraction of sp³-hybridized carbons (Fsp3) is 0.367. The van der Waals surface area contributed by atoms with E-state index in [-0.39, 0.29) is 35.4 Å². The van der Waals surface area contributed by atoms with Crippen molar-refractivity contribution in [1.82, 2.24) is 42.5 Å². The maximum atomic E-state index is 14.4. The molecule has 2 aliphatic carbocycles. The zero-order valence-corrected chi connectivity index (χ0v) is 44.1. The van der Waals surface area contributed by atoms with Gasteiger partial charge in [0, 0.05) is 0 Å². The molecule has 16 nitrogen and oxygen atoms in total. The Morgan fingerprint density at radius 1 is 0.474 bits per heavy atom. The molecule has 0 spiro atoms. The van der Waals surface area contributed by atoms with Crippen LogP contribution in [-0.4, -0.2) is 100 Å². The van der Waals surface area contributed by atoms with E-state index in [9.17, 15) is 28.8 Å². The molecule has 8 atom stereocenters. The molecule has 0 radical (unpaired) electrons. The average molecular weight is 1030 g/mol. The van der Waals surface area contributed by atoms with Crippen LogP contribution >= 0.6 is 0 Å². The smallest absolute Gasteiger partial charge is 0.255 e. The van der Waals surface area contributed by atoms with Crippen molar-refractivity contribution in [1.29, 1.82) is 0 Å². The number of amides is 6. The van der Waals surface area contributed by atoms with Gasteiger partial charge < -0.3 is 52.0 Å². The first-order valence-corrected chi connectivity index (χ1v) is 26.3. The van der Waals surface area contributed by atoms with Gasteiger partial charge in [0.05, 0.1) is 61.6 Å². The zero-order valence-electron chi connectivity index (χ0n) is 44.1. The summed E-state index contributed by atoms with van der Waals surface area (Å²) in [4.78, 5) is 83.6. The van der Waals surface area contributed by atoms with E-state index in [1.54, 1.807) is 27.9 Å². The lowest BCUT2D eigenvalue weighted by molar-refractivity contribution is -0.130. The SMILES string of the molecule is CN[C@@H](C)C(=O)N[C@@H](CCCCCC[C@H](NC(=O)[C@H](C)NC)C(=O)N[C@H]1c2ccccc2C[C@@H]1NC(=O)c1cc2ccccc2cc1OC)C(=O)N[C@H]1c2ccccc2C[C@@H]1NC(=O)c1cc2ccccc2cc1OC. The van der Waals surface area contributed by atoms with Gasteiger partial charge in [-0.15, -0.1) is 0 Å². The Morgan fingerprint density at radius 2 is 0.829 bits per heavy atom. The van der Waals surface area contributed by atoms with Crippen molar-refractivity contribution in [3.63, 3.8) is 0 Å². The van der Waals surface area contributed by atoms with Crippen LogP contribution < -0.4 is 52.0 Å². The van der Waals surface area contributed by atoms with Crippen LogP contribution in [0, 0.1) is 0 Å². The number of hydrogen-bond donors (Lipinski definition) is 8. The third kappa shape index (κ3) is 12.6. The topological polar surface area (TPSA) is 217 Å². The molecule has 0 saturated heterocycles. The number of fused-ring (bicyclic) bond motifs is 4. The lowest BCUT2D eigenvalue weighted by Crippen LogP contribution is -2.53. The molecule has 0 aliphatic heterocycles. The van der Waals surface area contributed by atoms with Crippen molar-refractivity contribution in [2.45, 2.75) is 114 Å². The number of unbranched alkanes of at least 4 members (excludes halogenated alkanes) is 3. The quantitative estimate of drug-likeness (QED) is 0.0337. The zero-order chi connectivity index (χ0) is 53.9. The summed E-state index contributed by atoms with van der Waals surface area (Å²) < 4.78 is 11.3. The number of nitrogens with one attached hydrogen (secondary N) is 8. The molecule has 6 aromatic carbocycles. The highest BCUT2D eigenvalue weighted by molar-refractivity contribution is 6.03. The highest BCUT2D eigenvalue weighted by Gasteiger charge is 2.39. The summed E-state index contributed by atoms with van der Waals surface area (Å²) in [5.74, 6) is -1.21. The monoisotopic (exact) mass is 1030 g/mol. The van der Waals surface area contributed by atoms with Crippen LogP contribution in [0.3, 0.4) is 0 Å². The summed E-state index contributed by atoms with van der Waals surface area (Å²) in [5, 5.41) is 28.3. The van der Waals surface area contributed by atoms with Crippen LogP contribution in [-0.2, 0) is 32.0 Å². The highest BCUT2D eigenvalue weighted by Crippen LogP contribution is 2.35. The molecule has 0 saturated carbocycles. The van der Waals surface area contributed by atoms with Gasteiger partial charge in [-0.3, -0.25) is 28.8 Å². The van der Waals surface area contributed by atoms with E-state index >= 15 is 0 Å². The molecule has 2 aliphatic rings. The normalized spacial score (nSPS) is 18.0. The van der Waals surface area contributed by atoms with Crippen molar-refractivity contribution in [2.75, 3.05) is 28.3 Å². The first-order chi connectivity index (χ1) is 36.8. The van der Waals surface area contributed by atoms with Gasteiger partial charge in [-0.1, -0.05) is 123 Å². The molecule has 8 N–H and O–H groups in total. The minimum absolute atomic E-state index is 0.327. The molecule has 0 aromatic heterocycles. The lowest BCUT2D eigenvalue weighted by Gasteiger charge is -2.27. The van der Waals surface area contributed by atoms with Gasteiger partial charge in [0.2, 0.25) is 23.6 Å². The number of carbonyl (C=O) groups excluding carboxylic acids is 6. The van der Waals surface area contributed by atoms with Gasteiger partial charge in [0.15, 0.2) is 0 Å². The molecule has 16 heteroatoms. The van der Waals surface area contributed by atoms with Gasteiger partial charge in [-0.05, 0) is 122 Å². The Balaban J connectivity index is 0.919. The number of benzene rings is 6. The predicted molar refractivity (Wildman–Crippen MR) is 294 cm³/mol. The average Bonchev–Trinajstić information content (AvgIpc) is 3.97. The molecule has 0 bridgehead atoms. The van der Waals surface area contributed by atoms with Crippen molar-refractivity contribution < 1.29 is 38.2 Å². The number of rotatable bonds is 23. The maximum absolute atomic E-state index is 14.4. The number of ether oxygens (including phenoxy) is 2. The highest BCUT2D eigenvalue weighted by atomic mass is 16.5. The summed E-state index contributed by atoms with van der Waals surface area (Å²) in [7, 11) is 6.41. The predicted octanol–water partition coefficient (Wildman–Crippen LogP) is 6.26. The molecular weight excluding hydrogens is 961 g/mol. The molecule has 398 valence electrons. The van der Waals surface area contributed by atoms with Crippen molar-refractivity contribution in [3.05, 3.63) is 155 Å². The largest absolute Gasteiger partial charge is 0.496 e. The fourth-order valence-corrected chi connectivity index (χ4v) is 10.4. The van der Waals surface area contributed by atoms with E-state index in [0.717, 1.165) is 43.8 Å². The van der Waals surface area contributed by atoms with E-state index in [2.05, 4.69) is 42.5 Å². The molecule has 0 heterocycles. The van der Waals surface area contributed by atoms with Gasteiger partial charge in [-0.25, -0.2) is 0 Å². The van der Waals surface area contributed by atoms with Crippen molar-refractivity contribution in [3.8, 4) is 11.5 Å². The molecule has 6 aromatic rings. The standard InChI is InChI=1S/C60H70N8O8/c1-35(61-3)55(69)63-47(59(73)67-53-43-25-17-15-23-41(43)31-49(53)65-57(71)45-29-37-19-11-13-21-39(37)33-51(45)75-5)27-9-7-8-10-28-48(64-56(70)36(2)62-4)60(74)68-54-44-26-18-16-24-42(44)32-50(54)66-58(72)46-30-38-20-12-14-22-40(38)34-52(46)76-6/h11-26,29-30,33-36,47-50,53-54,61-62H,7-10,27-28,31-32H2,1-6H3,(H,63,69)(H,64,70)(H,65,71)(H,66,72)(H,67,73)(H,68,74)/t35-,36-,47-,48-,49-,50-,53-,54-/m0/s1. The van der Waals surface area contributed by atoms with E-state index in [1.165, 1.54) is 14.2 Å². The van der Waals surface area contributed by atoms with E-state index in [1.807, 2.05) is 121 Å². The summed E-state index contributed by atoms with van der Waals surface area (Å²) >= 11 is 0. The maximum Gasteiger partial charge on any atom is 0.255 e. The minimum Gasteiger partial charge on any atom is -0.496 e. The minimum atomic E-state index is -0.890. The summed E-state index contributed by atoms with van der Waals surface area (Å²) in [6, 6.07) is 33.3. The molecule has 6 amide bonds. The number of hydrogen-bond acceptors (Lipinski definition) is 10. The van der Waals surface area contributed by atoms with Gasteiger partial charge in [0.1, 0.15) is 23.6 Å². The third-order valence-corrected chi connectivity index (χ3v) is 15.0. The first-order valence-electron chi connectivity index (χ1n) is 26.3. The van der Waals surface area contributed by atoms with E-state index in [4.69, 9.17) is 9.47 Å². The molecule has 8 rings (SSSR count). The van der Waals surface area contributed by atoms with Crippen LogP contribution in [0.25, 0.3) is 21.5 Å². The van der Waals surface area contributed by atoms with Crippen LogP contribution in [0.5, 0.6) is 11.5 Å². The Morgan fingerprint density at radius 3 is 1.20 bits per heavy atom. The molecule has 0 fully saturated rings. The lowest BCUT2D eigenvalue weighted by atomic mass is 10.0. The van der Waals surface area contributed by atoms with Crippen LogP contribution in [0.1, 0.15) is 107 Å². The Hall–Kier alpha value is -7.82. The molecular formula is C60H70N8O8. The first kappa shape index (κ1) is 54.4. The number of carbonyl (C=O) groups is 6. The van der Waals surface area contributed by atoms with E-state index in [0.29, 0.717) is 74.0 Å². The second-order valence-electron chi connectivity index (χ2n) is 19.9. The number of methoxy groups -OCH3 is 2. The summed E-state index contributed by atoms with van der Waals surface area (Å²) in [6.07, 6.45) is 4.08. The van der Waals surface area contributed by atoms with E-state index < -0.39 is 48.3 Å². The summed E-state index contributed by atoms with van der Waals surface area (Å²) in [6.45, 7) is 3.44. The van der Waals surface area contributed by atoms with Crippen molar-refractivity contribution >= 4 is 57.0 Å². The second-order valence-corrected chi connectivity index (χ2v) is 19.9. The van der Waals surface area contributed by atoms with Crippen molar-refractivity contribution in [2.24, 2.45) is 0 Å². The van der Waals surface area contributed by atoms with Gasteiger partial charge >= 0.3 is 0 Å². The number of likely N-dealkylation sites (N-methyl/N-ethyl adjacent to an activating group) is 2. The fourth-order valence-electron chi connectivity index (χ4n) is 10.4. The Labute approximate surface area is 444 Å². The van der Waals surface area contributed by atoms with Crippen LogP contribution in [0.4, 0.5) is 0 Å². The molecule has 0 unspecified atom stereocenters. The molecule has 76 heavy (non-hydrogen) atoms. The van der Waals surface area contributed by atoms with Gasteiger partial charge in [0.25, 0.3) is 11.8 Å². The summed E-state index contributed by atoms with van der Waals surface area (Å²) in [5.41, 5.74) is 4.51. The third-order valence-electron chi connectivity index (χ3n) is 15.0. The Bertz CT molecular complexity index is 2890. The Kier molecular flexibility index (Phi) is 18.0. The van der Waals surface area contributed by atoms with Gasteiger partial charge in [-0.2, -0.15) is 0 Å². The van der Waals surface area contributed by atoms with Crippen LogP contribution in [0.15, 0.2) is 121 Å². The van der Waals surface area contributed by atoms with Crippen LogP contribution in [0.2, 0.25) is 0 Å². The second kappa shape index (κ2) is 25.1.